The summed E-state index contributed by atoms with van der Waals surface area (Å²) in [6.07, 6.45) is 3.43. The van der Waals surface area contributed by atoms with Crippen molar-refractivity contribution in [1.29, 1.82) is 0 Å². The molecule has 0 aromatic carbocycles. The van der Waals surface area contributed by atoms with E-state index in [2.05, 4.69) is 37.3 Å². The third-order valence-electron chi connectivity index (χ3n) is 5.90. The van der Waals surface area contributed by atoms with Gasteiger partial charge in [-0.2, -0.15) is 4.99 Å². The first-order chi connectivity index (χ1) is 10.3. The summed E-state index contributed by atoms with van der Waals surface area (Å²) >= 11 is 1.69. The Hall–Kier alpha value is -0.940. The number of carbonyl (C=O) groups is 1. The molecule has 0 aliphatic heterocycles. The van der Waals surface area contributed by atoms with E-state index in [9.17, 15) is 4.79 Å². The number of methoxy groups -OCH3 is 1. The predicted molar refractivity (Wildman–Crippen MR) is 87.8 cm³/mol. The summed E-state index contributed by atoms with van der Waals surface area (Å²) < 4.78 is 7.42. The number of aryl methyl sites for hydroxylation is 1. The predicted octanol–water partition coefficient (Wildman–Crippen LogP) is 2.79. The summed E-state index contributed by atoms with van der Waals surface area (Å²) in [6.45, 7) is 10.1. The van der Waals surface area contributed by atoms with Crippen LogP contribution in [0, 0.1) is 16.7 Å². The number of amides is 1. The van der Waals surface area contributed by atoms with E-state index in [1.54, 1.807) is 18.4 Å². The average Bonchev–Trinajstić information content (AvgIpc) is 2.81. The van der Waals surface area contributed by atoms with Crippen LogP contribution in [0.15, 0.2) is 4.99 Å². The van der Waals surface area contributed by atoms with Crippen molar-refractivity contribution < 1.29 is 9.53 Å². The van der Waals surface area contributed by atoms with Crippen molar-refractivity contribution in [3.8, 4) is 0 Å². The molecule has 1 heterocycles. The van der Waals surface area contributed by atoms with Gasteiger partial charge in [-0.1, -0.05) is 27.7 Å². The van der Waals surface area contributed by atoms with Crippen LogP contribution in [-0.4, -0.2) is 24.2 Å². The smallest absolute Gasteiger partial charge is 0.252 e. The molecule has 4 nitrogen and oxygen atoms in total. The number of hydrogen-bond donors (Lipinski definition) is 0. The quantitative estimate of drug-likeness (QED) is 0.855. The molecule has 0 N–H and O–H groups in total. The van der Waals surface area contributed by atoms with Crippen LogP contribution in [0.3, 0.4) is 0 Å². The maximum absolute atomic E-state index is 12.7. The van der Waals surface area contributed by atoms with E-state index < -0.39 is 0 Å². The molecule has 0 atom stereocenters. The summed E-state index contributed by atoms with van der Waals surface area (Å²) in [5, 5.41) is 0. The lowest BCUT2D eigenvalue weighted by Gasteiger charge is -2.06. The summed E-state index contributed by atoms with van der Waals surface area (Å²) in [4.78, 5) is 19.4. The van der Waals surface area contributed by atoms with Crippen molar-refractivity contribution in [1.82, 2.24) is 4.57 Å². The van der Waals surface area contributed by atoms with Crippen LogP contribution in [-0.2, 0) is 28.9 Å². The number of thiazole rings is 1. The minimum Gasteiger partial charge on any atom is -0.383 e. The van der Waals surface area contributed by atoms with E-state index in [0.29, 0.717) is 6.61 Å². The Balaban J connectivity index is 1.93. The minimum absolute atomic E-state index is 0.0350. The zero-order valence-corrected chi connectivity index (χ0v) is 15.0. The molecule has 0 unspecified atom stereocenters. The second kappa shape index (κ2) is 5.31. The van der Waals surface area contributed by atoms with Crippen LogP contribution in [0.25, 0.3) is 0 Å². The van der Waals surface area contributed by atoms with Crippen LogP contribution < -0.4 is 4.80 Å². The van der Waals surface area contributed by atoms with Gasteiger partial charge in [-0.15, -0.1) is 11.3 Å². The lowest BCUT2D eigenvalue weighted by Crippen LogP contribution is -2.22. The molecule has 3 rings (SSSR count). The lowest BCUT2D eigenvalue weighted by atomic mass is 10.0. The van der Waals surface area contributed by atoms with E-state index in [1.165, 1.54) is 17.0 Å². The summed E-state index contributed by atoms with van der Waals surface area (Å²) in [7, 11) is 1.71. The Morgan fingerprint density at radius 2 is 2.00 bits per heavy atom. The fourth-order valence-electron chi connectivity index (χ4n) is 3.85. The van der Waals surface area contributed by atoms with Gasteiger partial charge in [0, 0.05) is 24.2 Å². The van der Waals surface area contributed by atoms with Crippen molar-refractivity contribution in [2.24, 2.45) is 21.7 Å². The molecule has 5 heteroatoms. The molecule has 0 bridgehead atoms. The normalized spacial score (nSPS) is 22.9. The number of carbonyl (C=O) groups excluding carboxylic acids is 1. The average molecular weight is 322 g/mol. The first-order valence-electron chi connectivity index (χ1n) is 8.09. The molecule has 1 aromatic rings. The number of aromatic nitrogens is 1. The number of nitrogens with zero attached hydrogens (tertiary/aromatic N) is 2. The fourth-order valence-corrected chi connectivity index (χ4v) is 5.09. The van der Waals surface area contributed by atoms with Gasteiger partial charge in [0.1, 0.15) is 0 Å². The molecular weight excluding hydrogens is 296 g/mol. The van der Waals surface area contributed by atoms with Crippen molar-refractivity contribution >= 4 is 17.2 Å². The van der Waals surface area contributed by atoms with Gasteiger partial charge < -0.3 is 9.30 Å². The van der Waals surface area contributed by atoms with Crippen LogP contribution in [0.4, 0.5) is 0 Å². The first kappa shape index (κ1) is 15.9. The highest BCUT2D eigenvalue weighted by Crippen LogP contribution is 2.68. The second-order valence-electron chi connectivity index (χ2n) is 7.58. The Bertz CT molecular complexity index is 653. The second-order valence-corrected chi connectivity index (χ2v) is 8.64. The molecule has 1 saturated carbocycles. The molecule has 0 radical (unpaired) electrons. The van der Waals surface area contributed by atoms with E-state index in [1.807, 2.05) is 0 Å². The highest BCUT2D eigenvalue weighted by Gasteiger charge is 2.68. The van der Waals surface area contributed by atoms with Crippen LogP contribution in [0.5, 0.6) is 0 Å². The maximum atomic E-state index is 12.7. The number of rotatable bonds is 4. The molecule has 0 spiro atoms. The third-order valence-corrected chi connectivity index (χ3v) is 7.08. The zero-order chi connectivity index (χ0) is 16.1. The molecule has 122 valence electrons. The van der Waals surface area contributed by atoms with Crippen molar-refractivity contribution in [2.75, 3.05) is 13.7 Å². The lowest BCUT2D eigenvalue weighted by molar-refractivity contribution is -0.120. The number of fused-ring (bicyclic) bond motifs is 1. The zero-order valence-electron chi connectivity index (χ0n) is 14.2. The Kier molecular flexibility index (Phi) is 3.84. The molecule has 22 heavy (non-hydrogen) atoms. The SMILES string of the molecule is COCCn1c2c(sc1=NC(=O)C1C(C)(C)C1(C)C)CCC2. The van der Waals surface area contributed by atoms with Gasteiger partial charge in [-0.25, -0.2) is 0 Å². The molecule has 1 aromatic heterocycles. The highest BCUT2D eigenvalue weighted by atomic mass is 32.1. The largest absolute Gasteiger partial charge is 0.383 e. The molecule has 1 fully saturated rings. The van der Waals surface area contributed by atoms with Gasteiger partial charge >= 0.3 is 0 Å². The Morgan fingerprint density at radius 3 is 2.59 bits per heavy atom. The minimum atomic E-state index is 0.0350. The van der Waals surface area contributed by atoms with Gasteiger partial charge in [0.2, 0.25) is 0 Å². The summed E-state index contributed by atoms with van der Waals surface area (Å²) in [5.41, 5.74) is 1.46. The first-order valence-corrected chi connectivity index (χ1v) is 8.91. The van der Waals surface area contributed by atoms with E-state index in [-0.39, 0.29) is 22.7 Å². The van der Waals surface area contributed by atoms with Crippen molar-refractivity contribution in [3.63, 3.8) is 0 Å². The molecule has 2 aliphatic rings. The van der Waals surface area contributed by atoms with Gasteiger partial charge in [0.15, 0.2) is 4.80 Å². The Labute approximate surface area is 136 Å². The fraction of sp³-hybridized carbons (Fsp3) is 0.765. The van der Waals surface area contributed by atoms with Crippen molar-refractivity contribution in [2.45, 2.75) is 53.5 Å². The van der Waals surface area contributed by atoms with E-state index in [4.69, 9.17) is 4.74 Å². The number of hydrogen-bond acceptors (Lipinski definition) is 3. The highest BCUT2D eigenvalue weighted by molar-refractivity contribution is 7.09. The van der Waals surface area contributed by atoms with Gasteiger partial charge in [0.25, 0.3) is 5.91 Å². The maximum Gasteiger partial charge on any atom is 0.252 e. The third kappa shape index (κ3) is 2.29. The summed E-state index contributed by atoms with van der Waals surface area (Å²) in [6, 6.07) is 0. The van der Waals surface area contributed by atoms with Gasteiger partial charge in [-0.05, 0) is 30.1 Å². The van der Waals surface area contributed by atoms with Crippen LogP contribution in [0.2, 0.25) is 0 Å². The van der Waals surface area contributed by atoms with Crippen LogP contribution >= 0.6 is 11.3 Å². The molecule has 0 saturated heterocycles. The van der Waals surface area contributed by atoms with Gasteiger partial charge in [-0.3, -0.25) is 4.79 Å². The molecule has 1 amide bonds. The standard InChI is InChI=1S/C17H26N2O2S/c1-16(2)13(17(16,3)4)14(20)18-15-19(9-10-21-5)11-7-6-8-12(11)22-15/h13H,6-10H2,1-5H3. The topological polar surface area (TPSA) is 43.6 Å². The molecular formula is C17H26N2O2S. The number of ether oxygens (including phenoxy) is 1. The monoisotopic (exact) mass is 322 g/mol. The van der Waals surface area contributed by atoms with Gasteiger partial charge in [0.05, 0.1) is 12.5 Å². The molecule has 2 aliphatic carbocycles. The van der Waals surface area contributed by atoms with Crippen LogP contribution in [0.1, 0.15) is 44.7 Å². The van der Waals surface area contributed by atoms with Crippen molar-refractivity contribution in [3.05, 3.63) is 15.4 Å². The summed E-state index contributed by atoms with van der Waals surface area (Å²) in [5.74, 6) is 0.0777. The Morgan fingerprint density at radius 1 is 1.32 bits per heavy atom. The van der Waals surface area contributed by atoms with E-state index >= 15 is 0 Å². The van der Waals surface area contributed by atoms with E-state index in [0.717, 1.165) is 24.2 Å².